The van der Waals surface area contributed by atoms with Gasteiger partial charge in [-0.25, -0.2) is 0 Å². The Bertz CT molecular complexity index is 472. The standard InChI is InChI=1S/C14H20BrNO3/c1-8(2)12-13(10(17)5-6-16)9(15)7-11(18-3)14(12)19-4/h7-8H,5-6,16H2,1-4H3. The van der Waals surface area contributed by atoms with Crippen molar-refractivity contribution >= 4 is 21.7 Å². The van der Waals surface area contributed by atoms with E-state index in [1.807, 2.05) is 13.8 Å². The minimum Gasteiger partial charge on any atom is -0.493 e. The van der Waals surface area contributed by atoms with Crippen molar-refractivity contribution in [1.29, 1.82) is 0 Å². The lowest BCUT2D eigenvalue weighted by molar-refractivity contribution is 0.0983. The zero-order chi connectivity index (χ0) is 14.6. The Morgan fingerprint density at radius 2 is 2.00 bits per heavy atom. The van der Waals surface area contributed by atoms with Crippen molar-refractivity contribution in [2.45, 2.75) is 26.2 Å². The Balaban J connectivity index is 3.56. The lowest BCUT2D eigenvalue weighted by Crippen LogP contribution is -2.13. The van der Waals surface area contributed by atoms with Gasteiger partial charge in [0.2, 0.25) is 0 Å². The molecule has 19 heavy (non-hydrogen) atoms. The Kier molecular flexibility index (Phi) is 5.82. The Hall–Kier alpha value is -1.07. The van der Waals surface area contributed by atoms with Crippen LogP contribution in [0.3, 0.4) is 0 Å². The molecule has 1 aromatic rings. The molecule has 0 fully saturated rings. The van der Waals surface area contributed by atoms with Gasteiger partial charge in [0.1, 0.15) is 0 Å². The number of benzene rings is 1. The number of halogens is 1. The molecule has 0 aliphatic rings. The molecule has 0 amide bonds. The average molecular weight is 330 g/mol. The zero-order valence-electron chi connectivity index (χ0n) is 11.7. The van der Waals surface area contributed by atoms with Crippen LogP contribution in [-0.4, -0.2) is 26.5 Å². The van der Waals surface area contributed by atoms with Gasteiger partial charge >= 0.3 is 0 Å². The Morgan fingerprint density at radius 1 is 1.37 bits per heavy atom. The summed E-state index contributed by atoms with van der Waals surface area (Å²) in [7, 11) is 3.16. The second-order valence-corrected chi connectivity index (χ2v) is 5.35. The number of nitrogens with two attached hydrogens (primary N) is 1. The van der Waals surface area contributed by atoms with Crippen LogP contribution in [0, 0.1) is 0 Å². The number of methoxy groups -OCH3 is 2. The van der Waals surface area contributed by atoms with E-state index in [9.17, 15) is 4.79 Å². The van der Waals surface area contributed by atoms with Gasteiger partial charge in [-0.1, -0.05) is 13.8 Å². The number of Topliss-reactive ketones (excluding diaryl/α,β-unsaturated/α-hetero) is 1. The molecule has 5 heteroatoms. The van der Waals surface area contributed by atoms with Crippen LogP contribution in [0.5, 0.6) is 11.5 Å². The molecule has 0 aromatic heterocycles. The van der Waals surface area contributed by atoms with E-state index in [1.54, 1.807) is 20.3 Å². The molecule has 2 N–H and O–H groups in total. The minimum absolute atomic E-state index is 0.0130. The van der Waals surface area contributed by atoms with E-state index < -0.39 is 0 Å². The summed E-state index contributed by atoms with van der Waals surface area (Å²) in [5.41, 5.74) is 6.97. The van der Waals surface area contributed by atoms with Crippen LogP contribution in [0.25, 0.3) is 0 Å². The Labute approximate surface area is 122 Å². The lowest BCUT2D eigenvalue weighted by atomic mass is 9.92. The van der Waals surface area contributed by atoms with Crippen molar-refractivity contribution in [2.24, 2.45) is 5.73 Å². The van der Waals surface area contributed by atoms with E-state index in [0.717, 1.165) is 5.56 Å². The molecule has 0 bridgehead atoms. The normalized spacial score (nSPS) is 10.7. The van der Waals surface area contributed by atoms with Gasteiger partial charge in [0.25, 0.3) is 0 Å². The summed E-state index contributed by atoms with van der Waals surface area (Å²) < 4.78 is 11.5. The number of carbonyl (C=O) groups is 1. The zero-order valence-corrected chi connectivity index (χ0v) is 13.3. The van der Waals surface area contributed by atoms with Gasteiger partial charge in [0.05, 0.1) is 14.2 Å². The summed E-state index contributed by atoms with van der Waals surface area (Å²) in [5, 5.41) is 0. The highest BCUT2D eigenvalue weighted by molar-refractivity contribution is 9.10. The molecule has 0 unspecified atom stereocenters. The van der Waals surface area contributed by atoms with Crippen LogP contribution in [-0.2, 0) is 0 Å². The number of rotatable bonds is 6. The van der Waals surface area contributed by atoms with Crippen molar-refractivity contribution in [3.05, 3.63) is 21.7 Å². The maximum absolute atomic E-state index is 12.3. The topological polar surface area (TPSA) is 61.5 Å². The summed E-state index contributed by atoms with van der Waals surface area (Å²) in [6.45, 7) is 4.36. The molecule has 0 radical (unpaired) electrons. The number of ether oxygens (including phenoxy) is 2. The second-order valence-electron chi connectivity index (χ2n) is 4.50. The van der Waals surface area contributed by atoms with Gasteiger partial charge in [-0.2, -0.15) is 0 Å². The fourth-order valence-electron chi connectivity index (χ4n) is 2.08. The van der Waals surface area contributed by atoms with E-state index in [0.29, 0.717) is 34.5 Å². The molecular formula is C14H20BrNO3. The first kappa shape index (κ1) is 16.0. The highest BCUT2D eigenvalue weighted by Gasteiger charge is 2.24. The summed E-state index contributed by atoms with van der Waals surface area (Å²) in [4.78, 5) is 12.3. The summed E-state index contributed by atoms with van der Waals surface area (Å²) >= 11 is 3.44. The van der Waals surface area contributed by atoms with E-state index in [-0.39, 0.29) is 11.7 Å². The van der Waals surface area contributed by atoms with Gasteiger partial charge in [-0.15, -0.1) is 0 Å². The smallest absolute Gasteiger partial charge is 0.165 e. The third-order valence-electron chi connectivity index (χ3n) is 2.89. The molecule has 0 heterocycles. The van der Waals surface area contributed by atoms with Crippen molar-refractivity contribution in [3.63, 3.8) is 0 Å². The van der Waals surface area contributed by atoms with E-state index >= 15 is 0 Å². The molecule has 106 valence electrons. The fraction of sp³-hybridized carbons (Fsp3) is 0.500. The third kappa shape index (κ3) is 3.28. The third-order valence-corrected chi connectivity index (χ3v) is 3.51. The van der Waals surface area contributed by atoms with Gasteiger partial charge in [0, 0.05) is 22.0 Å². The first-order valence-corrected chi connectivity index (χ1v) is 6.94. The monoisotopic (exact) mass is 329 g/mol. The molecule has 0 atom stereocenters. The van der Waals surface area contributed by atoms with Gasteiger partial charge in [-0.05, 0) is 34.5 Å². The van der Waals surface area contributed by atoms with Crippen LogP contribution in [0.1, 0.15) is 42.1 Å². The first-order valence-electron chi connectivity index (χ1n) is 6.15. The highest BCUT2D eigenvalue weighted by Crippen LogP contribution is 2.42. The molecule has 0 saturated carbocycles. The molecular weight excluding hydrogens is 310 g/mol. The second kappa shape index (κ2) is 6.91. The summed E-state index contributed by atoms with van der Waals surface area (Å²) in [6, 6.07) is 1.76. The average Bonchev–Trinajstić information content (AvgIpc) is 2.37. The van der Waals surface area contributed by atoms with E-state index in [2.05, 4.69) is 15.9 Å². The quantitative estimate of drug-likeness (QED) is 0.814. The summed E-state index contributed by atoms with van der Waals surface area (Å²) in [6.07, 6.45) is 0.313. The maximum atomic E-state index is 12.3. The number of hydrogen-bond acceptors (Lipinski definition) is 4. The fourth-order valence-corrected chi connectivity index (χ4v) is 2.72. The van der Waals surface area contributed by atoms with Gasteiger partial charge in [-0.3, -0.25) is 4.79 Å². The maximum Gasteiger partial charge on any atom is 0.165 e. The molecule has 0 spiro atoms. The molecule has 0 aliphatic heterocycles. The van der Waals surface area contributed by atoms with Gasteiger partial charge < -0.3 is 15.2 Å². The lowest BCUT2D eigenvalue weighted by Gasteiger charge is -2.20. The molecule has 1 rings (SSSR count). The summed E-state index contributed by atoms with van der Waals surface area (Å²) in [5.74, 6) is 1.38. The predicted molar refractivity (Wildman–Crippen MR) is 79.3 cm³/mol. The predicted octanol–water partition coefficient (Wildman–Crippen LogP) is 3.12. The SMILES string of the molecule is COc1cc(Br)c(C(=O)CCN)c(C(C)C)c1OC. The first-order chi connectivity index (χ1) is 8.97. The highest BCUT2D eigenvalue weighted by atomic mass is 79.9. The number of carbonyl (C=O) groups excluding carboxylic acids is 1. The Morgan fingerprint density at radius 3 is 2.42 bits per heavy atom. The molecule has 1 aromatic carbocycles. The van der Waals surface area contributed by atoms with Crippen molar-refractivity contribution < 1.29 is 14.3 Å². The van der Waals surface area contributed by atoms with Crippen LogP contribution < -0.4 is 15.2 Å². The van der Waals surface area contributed by atoms with Crippen LogP contribution in [0.2, 0.25) is 0 Å². The van der Waals surface area contributed by atoms with Crippen LogP contribution in [0.15, 0.2) is 10.5 Å². The van der Waals surface area contributed by atoms with Crippen molar-refractivity contribution in [1.82, 2.24) is 0 Å². The van der Waals surface area contributed by atoms with Crippen molar-refractivity contribution in [3.8, 4) is 11.5 Å². The number of ketones is 1. The van der Waals surface area contributed by atoms with Crippen LogP contribution in [0.4, 0.5) is 0 Å². The molecule has 0 saturated heterocycles. The van der Waals surface area contributed by atoms with E-state index in [1.165, 1.54) is 0 Å². The minimum atomic E-state index is 0.0130. The number of hydrogen-bond donors (Lipinski definition) is 1. The van der Waals surface area contributed by atoms with E-state index in [4.69, 9.17) is 15.2 Å². The molecule has 4 nitrogen and oxygen atoms in total. The van der Waals surface area contributed by atoms with Crippen LogP contribution >= 0.6 is 15.9 Å². The largest absolute Gasteiger partial charge is 0.493 e. The van der Waals surface area contributed by atoms with Gasteiger partial charge in [0.15, 0.2) is 17.3 Å². The molecule has 0 aliphatic carbocycles. The van der Waals surface area contributed by atoms with Crippen molar-refractivity contribution in [2.75, 3.05) is 20.8 Å².